The number of carbonyl (C=O) groups excluding carboxylic acids is 1. The van der Waals surface area contributed by atoms with Gasteiger partial charge in [-0.05, 0) is 30.9 Å². The Morgan fingerprint density at radius 1 is 1.47 bits per heavy atom. The van der Waals surface area contributed by atoms with Gasteiger partial charge in [0.05, 0.1) is 0 Å². The lowest BCUT2D eigenvalue weighted by molar-refractivity contribution is -0.137. The fourth-order valence-electron chi connectivity index (χ4n) is 2.42. The molecular formula is C14H19NO4. The number of hydrogen-bond donors (Lipinski definition) is 1. The molecule has 104 valence electrons. The van der Waals surface area contributed by atoms with Crippen LogP contribution in [0.1, 0.15) is 42.5 Å². The number of hydrogen-bond acceptors (Lipinski definition) is 3. The third-order valence-corrected chi connectivity index (χ3v) is 3.56. The van der Waals surface area contributed by atoms with Crippen molar-refractivity contribution in [2.75, 3.05) is 13.1 Å². The first-order chi connectivity index (χ1) is 9.10. The Balaban J connectivity index is 1.89. The number of carbonyl (C=O) groups is 2. The summed E-state index contributed by atoms with van der Waals surface area (Å²) in [7, 11) is 0. The van der Waals surface area contributed by atoms with Gasteiger partial charge in [0.25, 0.3) is 5.91 Å². The van der Waals surface area contributed by atoms with Gasteiger partial charge in [0.2, 0.25) is 0 Å². The van der Waals surface area contributed by atoms with Crippen LogP contribution in [0.15, 0.2) is 16.5 Å². The molecule has 1 fully saturated rings. The number of nitrogens with zero attached hydrogens (tertiary/aromatic N) is 1. The second-order valence-corrected chi connectivity index (χ2v) is 4.96. The standard InChI is InChI=1S/C14H19NO4/c1-2-11-4-5-12(19-11)14(18)15-8-7-10(9-15)3-6-13(16)17/h4-5,10H,2-3,6-9H2,1H3,(H,16,17). The van der Waals surface area contributed by atoms with E-state index in [9.17, 15) is 9.59 Å². The fourth-order valence-corrected chi connectivity index (χ4v) is 2.42. The third kappa shape index (κ3) is 3.36. The summed E-state index contributed by atoms with van der Waals surface area (Å²) in [6.45, 7) is 3.30. The first kappa shape index (κ1) is 13.6. The average molecular weight is 265 g/mol. The van der Waals surface area contributed by atoms with Crippen molar-refractivity contribution in [1.29, 1.82) is 0 Å². The highest BCUT2D eigenvalue weighted by Gasteiger charge is 2.28. The van der Waals surface area contributed by atoms with Crippen molar-refractivity contribution in [1.82, 2.24) is 4.90 Å². The molecule has 0 saturated carbocycles. The zero-order valence-corrected chi connectivity index (χ0v) is 11.1. The molecular weight excluding hydrogens is 246 g/mol. The molecule has 19 heavy (non-hydrogen) atoms. The third-order valence-electron chi connectivity index (χ3n) is 3.56. The molecule has 1 aliphatic heterocycles. The normalized spacial score (nSPS) is 18.8. The quantitative estimate of drug-likeness (QED) is 0.885. The second-order valence-electron chi connectivity index (χ2n) is 4.96. The van der Waals surface area contributed by atoms with E-state index in [0.29, 0.717) is 31.2 Å². The number of furan rings is 1. The lowest BCUT2D eigenvalue weighted by Gasteiger charge is -2.14. The van der Waals surface area contributed by atoms with E-state index < -0.39 is 5.97 Å². The molecule has 5 heteroatoms. The Labute approximate surface area is 112 Å². The van der Waals surface area contributed by atoms with E-state index >= 15 is 0 Å². The fraction of sp³-hybridized carbons (Fsp3) is 0.571. The van der Waals surface area contributed by atoms with E-state index in [2.05, 4.69) is 0 Å². The molecule has 1 aromatic heterocycles. The van der Waals surface area contributed by atoms with Crippen LogP contribution in [0.4, 0.5) is 0 Å². The van der Waals surface area contributed by atoms with Crippen LogP contribution in [0.25, 0.3) is 0 Å². The largest absolute Gasteiger partial charge is 0.481 e. The molecule has 0 bridgehead atoms. The van der Waals surface area contributed by atoms with Gasteiger partial charge in [-0.3, -0.25) is 9.59 Å². The zero-order chi connectivity index (χ0) is 13.8. The van der Waals surface area contributed by atoms with Crippen molar-refractivity contribution in [3.63, 3.8) is 0 Å². The van der Waals surface area contributed by atoms with Crippen LogP contribution in [0.2, 0.25) is 0 Å². The number of aryl methyl sites for hydroxylation is 1. The molecule has 1 amide bonds. The SMILES string of the molecule is CCc1ccc(C(=O)N2CCC(CCC(=O)O)C2)o1. The van der Waals surface area contributed by atoms with Gasteiger partial charge in [0.15, 0.2) is 5.76 Å². The summed E-state index contributed by atoms with van der Waals surface area (Å²) in [5, 5.41) is 8.66. The summed E-state index contributed by atoms with van der Waals surface area (Å²) >= 11 is 0. The molecule has 1 atom stereocenters. The number of rotatable bonds is 5. The maximum Gasteiger partial charge on any atom is 0.303 e. The molecule has 5 nitrogen and oxygen atoms in total. The Hall–Kier alpha value is -1.78. The summed E-state index contributed by atoms with van der Waals surface area (Å²) in [6, 6.07) is 3.54. The van der Waals surface area contributed by atoms with Gasteiger partial charge in [-0.25, -0.2) is 0 Å². The molecule has 0 spiro atoms. The number of amides is 1. The van der Waals surface area contributed by atoms with Gasteiger partial charge in [-0.1, -0.05) is 6.92 Å². The first-order valence-electron chi connectivity index (χ1n) is 6.70. The maximum atomic E-state index is 12.2. The molecule has 1 aliphatic rings. The molecule has 1 saturated heterocycles. The smallest absolute Gasteiger partial charge is 0.303 e. The van der Waals surface area contributed by atoms with Crippen molar-refractivity contribution in [2.24, 2.45) is 5.92 Å². The van der Waals surface area contributed by atoms with Crippen LogP contribution in [0, 0.1) is 5.92 Å². The highest BCUT2D eigenvalue weighted by atomic mass is 16.4. The summed E-state index contributed by atoms with van der Waals surface area (Å²) in [6.07, 6.45) is 2.46. The lowest BCUT2D eigenvalue weighted by atomic mass is 10.0. The molecule has 2 heterocycles. The van der Waals surface area contributed by atoms with E-state index in [-0.39, 0.29) is 12.3 Å². The van der Waals surface area contributed by atoms with Gasteiger partial charge in [-0.15, -0.1) is 0 Å². The van der Waals surface area contributed by atoms with Crippen LogP contribution in [0.5, 0.6) is 0 Å². The molecule has 1 aromatic rings. The molecule has 0 aromatic carbocycles. The first-order valence-corrected chi connectivity index (χ1v) is 6.70. The van der Waals surface area contributed by atoms with Crippen LogP contribution in [-0.4, -0.2) is 35.0 Å². The summed E-state index contributed by atoms with van der Waals surface area (Å²) in [4.78, 5) is 24.5. The second kappa shape index (κ2) is 5.91. The number of carboxylic acid groups (broad SMARTS) is 1. The van der Waals surface area contributed by atoms with Crippen molar-refractivity contribution in [3.05, 3.63) is 23.7 Å². The average Bonchev–Trinajstić information content (AvgIpc) is 3.04. The Morgan fingerprint density at radius 3 is 2.89 bits per heavy atom. The van der Waals surface area contributed by atoms with E-state index in [1.807, 2.05) is 13.0 Å². The molecule has 1 N–H and O–H groups in total. The van der Waals surface area contributed by atoms with E-state index in [1.54, 1.807) is 11.0 Å². The summed E-state index contributed by atoms with van der Waals surface area (Å²) in [5.74, 6) is 0.627. The van der Waals surface area contributed by atoms with Crippen molar-refractivity contribution < 1.29 is 19.1 Å². The topological polar surface area (TPSA) is 70.8 Å². The van der Waals surface area contributed by atoms with Crippen molar-refractivity contribution in [2.45, 2.75) is 32.6 Å². The Bertz CT molecular complexity index is 466. The molecule has 2 rings (SSSR count). The molecule has 0 aliphatic carbocycles. The van der Waals surface area contributed by atoms with Gasteiger partial charge < -0.3 is 14.4 Å². The van der Waals surface area contributed by atoms with Crippen LogP contribution in [0.3, 0.4) is 0 Å². The van der Waals surface area contributed by atoms with E-state index in [0.717, 1.165) is 18.6 Å². The van der Waals surface area contributed by atoms with E-state index in [1.165, 1.54) is 0 Å². The number of aliphatic carboxylic acids is 1. The predicted molar refractivity (Wildman–Crippen MR) is 69.0 cm³/mol. The lowest BCUT2D eigenvalue weighted by Crippen LogP contribution is -2.28. The minimum Gasteiger partial charge on any atom is -0.481 e. The van der Waals surface area contributed by atoms with E-state index in [4.69, 9.17) is 9.52 Å². The van der Waals surface area contributed by atoms with Crippen LogP contribution in [-0.2, 0) is 11.2 Å². The monoisotopic (exact) mass is 265 g/mol. The summed E-state index contributed by atoms with van der Waals surface area (Å²) < 4.78 is 5.46. The van der Waals surface area contributed by atoms with Gasteiger partial charge in [-0.2, -0.15) is 0 Å². The van der Waals surface area contributed by atoms with Gasteiger partial charge in [0.1, 0.15) is 5.76 Å². The van der Waals surface area contributed by atoms with Crippen LogP contribution >= 0.6 is 0 Å². The number of likely N-dealkylation sites (tertiary alicyclic amines) is 1. The minimum absolute atomic E-state index is 0.0856. The Kier molecular flexibility index (Phi) is 4.24. The van der Waals surface area contributed by atoms with Gasteiger partial charge in [0, 0.05) is 25.9 Å². The predicted octanol–water partition coefficient (Wildman–Crippen LogP) is 2.17. The molecule has 1 unspecified atom stereocenters. The highest BCUT2D eigenvalue weighted by Crippen LogP contribution is 2.23. The highest BCUT2D eigenvalue weighted by molar-refractivity contribution is 5.91. The molecule has 0 radical (unpaired) electrons. The van der Waals surface area contributed by atoms with Crippen molar-refractivity contribution in [3.8, 4) is 0 Å². The zero-order valence-electron chi connectivity index (χ0n) is 11.1. The van der Waals surface area contributed by atoms with Gasteiger partial charge >= 0.3 is 5.97 Å². The van der Waals surface area contributed by atoms with Crippen molar-refractivity contribution >= 4 is 11.9 Å². The van der Waals surface area contributed by atoms with Crippen LogP contribution < -0.4 is 0 Å². The maximum absolute atomic E-state index is 12.2. The number of carboxylic acids is 1. The Morgan fingerprint density at radius 2 is 2.26 bits per heavy atom. The minimum atomic E-state index is -0.775. The summed E-state index contributed by atoms with van der Waals surface area (Å²) in [5.41, 5.74) is 0.